The fourth-order valence-electron chi connectivity index (χ4n) is 3.94. The molecule has 1 aromatic carbocycles. The van der Waals surface area contributed by atoms with Crippen LogP contribution in [0.2, 0.25) is 0 Å². The molecule has 1 aliphatic heterocycles. The molecule has 5 nitrogen and oxygen atoms in total. The molecule has 1 N–H and O–H groups in total. The zero-order chi connectivity index (χ0) is 23.6. The highest BCUT2D eigenvalue weighted by Crippen LogP contribution is 2.35. The Morgan fingerprint density at radius 1 is 1.19 bits per heavy atom. The van der Waals surface area contributed by atoms with Gasteiger partial charge in [0, 0.05) is 19.6 Å². The number of aliphatic carboxylic acids is 1. The van der Waals surface area contributed by atoms with E-state index in [-0.39, 0.29) is 18.0 Å². The number of hydrogen-bond donors (Lipinski definition) is 1. The Hall–Kier alpha value is -1.82. The van der Waals surface area contributed by atoms with Crippen LogP contribution in [0, 0.1) is 17.3 Å². The summed E-state index contributed by atoms with van der Waals surface area (Å²) < 4.78 is 23.6. The number of carboxylic acid groups (broad SMARTS) is 1. The molecule has 6 heteroatoms. The van der Waals surface area contributed by atoms with Crippen LogP contribution in [0.5, 0.6) is 11.5 Å². The molecule has 0 spiro atoms. The van der Waals surface area contributed by atoms with Crippen LogP contribution < -0.4 is 9.47 Å². The van der Waals surface area contributed by atoms with E-state index in [1.165, 1.54) is 11.1 Å². The molecule has 0 aromatic heterocycles. The molecule has 1 aliphatic rings. The molecule has 0 saturated carbocycles. The predicted molar refractivity (Wildman–Crippen MR) is 124 cm³/mol. The number of halogens is 1. The van der Waals surface area contributed by atoms with Crippen molar-refractivity contribution in [2.45, 2.75) is 66.8 Å². The van der Waals surface area contributed by atoms with E-state index in [9.17, 15) is 9.18 Å². The summed E-state index contributed by atoms with van der Waals surface area (Å²) in [5.74, 6) is 1.26. The standard InChI is InChI=1S/C21H34FNO2.C4H8O2/c1-6-16(13-21(2,3)8-9-22)14-23-10-7-17-11-19(24-4)20(25-5)12-18(17)15-23;1-3(2)4(5)6/h11-12,16H,6-10,13-15H2,1-5H3;3H,1-2H3,(H,5,6). The molecule has 1 atom stereocenters. The summed E-state index contributed by atoms with van der Waals surface area (Å²) in [5.41, 5.74) is 2.78. The van der Waals surface area contributed by atoms with E-state index in [0.29, 0.717) is 12.3 Å². The van der Waals surface area contributed by atoms with E-state index in [1.54, 1.807) is 28.1 Å². The first-order valence-electron chi connectivity index (χ1n) is 11.3. The smallest absolute Gasteiger partial charge is 0.305 e. The minimum Gasteiger partial charge on any atom is -0.493 e. The highest BCUT2D eigenvalue weighted by molar-refractivity contribution is 5.68. The van der Waals surface area contributed by atoms with Gasteiger partial charge >= 0.3 is 5.97 Å². The lowest BCUT2D eigenvalue weighted by molar-refractivity contribution is -0.140. The summed E-state index contributed by atoms with van der Waals surface area (Å²) in [4.78, 5) is 12.2. The number of rotatable bonds is 10. The second-order valence-electron chi connectivity index (χ2n) is 9.54. The zero-order valence-corrected chi connectivity index (χ0v) is 20.5. The fraction of sp³-hybridized carbons (Fsp3) is 0.720. The average Bonchev–Trinajstić information content (AvgIpc) is 2.72. The highest BCUT2D eigenvalue weighted by Gasteiger charge is 2.26. The van der Waals surface area contributed by atoms with E-state index < -0.39 is 5.97 Å². The van der Waals surface area contributed by atoms with Gasteiger partial charge in [0.15, 0.2) is 11.5 Å². The molecule has 0 aliphatic carbocycles. The maximum absolute atomic E-state index is 12.8. The number of hydrogen-bond acceptors (Lipinski definition) is 4. The van der Waals surface area contributed by atoms with Crippen molar-refractivity contribution >= 4 is 5.97 Å². The summed E-state index contributed by atoms with van der Waals surface area (Å²) >= 11 is 0. The number of fused-ring (bicyclic) bond motifs is 1. The van der Waals surface area contributed by atoms with E-state index >= 15 is 0 Å². The first-order chi connectivity index (χ1) is 14.6. The summed E-state index contributed by atoms with van der Waals surface area (Å²) in [6.07, 6.45) is 3.93. The van der Waals surface area contributed by atoms with Crippen LogP contribution in [0.4, 0.5) is 4.39 Å². The van der Waals surface area contributed by atoms with Gasteiger partial charge in [0.25, 0.3) is 0 Å². The molecule has 178 valence electrons. The van der Waals surface area contributed by atoms with Crippen LogP contribution in [0.25, 0.3) is 0 Å². The van der Waals surface area contributed by atoms with Crippen molar-refractivity contribution in [1.29, 1.82) is 0 Å². The quantitative estimate of drug-likeness (QED) is 0.515. The Balaban J connectivity index is 0.000000703. The van der Waals surface area contributed by atoms with Gasteiger partial charge in [0.2, 0.25) is 0 Å². The molecular weight excluding hydrogens is 397 g/mol. The first-order valence-corrected chi connectivity index (χ1v) is 11.3. The monoisotopic (exact) mass is 439 g/mol. The molecule has 0 saturated heterocycles. The molecule has 1 unspecified atom stereocenters. The molecule has 31 heavy (non-hydrogen) atoms. The molecular formula is C25H42FNO4. The van der Waals surface area contributed by atoms with E-state index in [1.807, 2.05) is 0 Å². The van der Waals surface area contributed by atoms with Gasteiger partial charge in [0.05, 0.1) is 26.8 Å². The van der Waals surface area contributed by atoms with Crippen molar-refractivity contribution in [1.82, 2.24) is 4.90 Å². The SMILES string of the molecule is CC(C)C(=O)O.CCC(CN1CCc2cc(OC)c(OC)cc2C1)CC(C)(C)CCF. The van der Waals surface area contributed by atoms with Crippen molar-refractivity contribution in [3.8, 4) is 11.5 Å². The molecule has 0 bridgehead atoms. The lowest BCUT2D eigenvalue weighted by atomic mass is 9.79. The summed E-state index contributed by atoms with van der Waals surface area (Å²) in [5, 5.41) is 7.99. The molecule has 1 aromatic rings. The maximum Gasteiger partial charge on any atom is 0.305 e. The van der Waals surface area contributed by atoms with Gasteiger partial charge in [-0.3, -0.25) is 14.1 Å². The summed E-state index contributed by atoms with van der Waals surface area (Å²) in [6.45, 7) is 12.8. The Labute approximate surface area is 187 Å². The number of nitrogens with zero attached hydrogens (tertiary/aromatic N) is 1. The maximum atomic E-state index is 12.8. The second kappa shape index (κ2) is 12.9. The van der Waals surface area contributed by atoms with Crippen molar-refractivity contribution in [3.05, 3.63) is 23.3 Å². The van der Waals surface area contributed by atoms with Gasteiger partial charge in [0.1, 0.15) is 0 Å². The third-order valence-electron chi connectivity index (χ3n) is 6.00. The predicted octanol–water partition coefficient (Wildman–Crippen LogP) is 5.59. The van der Waals surface area contributed by atoms with Gasteiger partial charge in [-0.15, -0.1) is 0 Å². The number of alkyl halides is 1. The van der Waals surface area contributed by atoms with E-state index in [4.69, 9.17) is 14.6 Å². The third kappa shape index (κ3) is 9.06. The third-order valence-corrected chi connectivity index (χ3v) is 6.00. The largest absolute Gasteiger partial charge is 0.493 e. The van der Waals surface area contributed by atoms with Gasteiger partial charge in [-0.05, 0) is 53.9 Å². The molecule has 2 rings (SSSR count). The van der Waals surface area contributed by atoms with E-state index in [0.717, 1.165) is 50.4 Å². The van der Waals surface area contributed by atoms with Gasteiger partial charge in [-0.25, -0.2) is 0 Å². The number of benzene rings is 1. The minimum atomic E-state index is -0.741. The van der Waals surface area contributed by atoms with Crippen molar-refractivity contribution in [2.24, 2.45) is 17.3 Å². The van der Waals surface area contributed by atoms with Gasteiger partial charge < -0.3 is 14.6 Å². The highest BCUT2D eigenvalue weighted by atomic mass is 19.1. The Kier molecular flexibility index (Phi) is 11.3. The van der Waals surface area contributed by atoms with Gasteiger partial charge in [-0.2, -0.15) is 0 Å². The average molecular weight is 440 g/mol. The summed E-state index contributed by atoms with van der Waals surface area (Å²) in [7, 11) is 3.37. The number of methoxy groups -OCH3 is 2. The summed E-state index contributed by atoms with van der Waals surface area (Å²) in [6, 6.07) is 4.24. The molecule has 1 heterocycles. The van der Waals surface area contributed by atoms with Gasteiger partial charge in [-0.1, -0.05) is 41.0 Å². The topological polar surface area (TPSA) is 59.0 Å². The lowest BCUT2D eigenvalue weighted by Crippen LogP contribution is -2.36. The van der Waals surface area contributed by atoms with Crippen LogP contribution in [0.1, 0.15) is 65.0 Å². The Bertz CT molecular complexity index is 690. The van der Waals surface area contributed by atoms with Crippen molar-refractivity contribution in [3.63, 3.8) is 0 Å². The Morgan fingerprint density at radius 3 is 2.19 bits per heavy atom. The van der Waals surface area contributed by atoms with Crippen LogP contribution in [0.3, 0.4) is 0 Å². The molecule has 0 fully saturated rings. The number of carboxylic acids is 1. The van der Waals surface area contributed by atoms with Crippen LogP contribution in [0.15, 0.2) is 12.1 Å². The second-order valence-corrected chi connectivity index (χ2v) is 9.54. The Morgan fingerprint density at radius 2 is 1.74 bits per heavy atom. The molecule has 0 radical (unpaired) electrons. The normalized spacial score (nSPS) is 15.0. The first kappa shape index (κ1) is 27.2. The zero-order valence-electron chi connectivity index (χ0n) is 20.5. The van der Waals surface area contributed by atoms with Crippen LogP contribution in [-0.4, -0.2) is 50.0 Å². The number of ether oxygens (including phenoxy) is 2. The lowest BCUT2D eigenvalue weighted by Gasteiger charge is -2.35. The van der Waals surface area contributed by atoms with E-state index in [2.05, 4.69) is 37.8 Å². The van der Waals surface area contributed by atoms with Crippen molar-refractivity contribution < 1.29 is 23.8 Å². The minimum absolute atomic E-state index is 0.0830. The van der Waals surface area contributed by atoms with Crippen LogP contribution >= 0.6 is 0 Å². The number of carbonyl (C=O) groups is 1. The fourth-order valence-corrected chi connectivity index (χ4v) is 3.94. The van der Waals surface area contributed by atoms with Crippen LogP contribution in [-0.2, 0) is 17.8 Å². The van der Waals surface area contributed by atoms with Crippen molar-refractivity contribution in [2.75, 3.05) is 34.0 Å². The molecule has 0 amide bonds.